The number of aliphatic hydroxyl groups is 1. The first-order chi connectivity index (χ1) is 17.4. The highest BCUT2D eigenvalue weighted by molar-refractivity contribution is 6.02. The summed E-state index contributed by atoms with van der Waals surface area (Å²) in [5.74, 6) is -2.17. The molecular weight excluding hydrogens is 458 g/mol. The summed E-state index contributed by atoms with van der Waals surface area (Å²) < 4.78 is 5.20. The molecule has 4 rings (SSSR count). The second-order valence-corrected chi connectivity index (χ2v) is 9.22. The van der Waals surface area contributed by atoms with Crippen molar-refractivity contribution in [2.45, 2.75) is 25.4 Å². The zero-order valence-corrected chi connectivity index (χ0v) is 20.8. The van der Waals surface area contributed by atoms with E-state index in [4.69, 9.17) is 4.74 Å². The van der Waals surface area contributed by atoms with Crippen LogP contribution in [0.15, 0.2) is 66.7 Å². The van der Waals surface area contributed by atoms with Gasteiger partial charge in [-0.15, -0.1) is 0 Å². The summed E-state index contributed by atoms with van der Waals surface area (Å²) in [6.07, 6.45) is 4.56. The number of nitrogens with zero attached hydrogens (tertiary/aromatic N) is 1. The van der Waals surface area contributed by atoms with Crippen LogP contribution < -0.4 is 15.4 Å². The van der Waals surface area contributed by atoms with E-state index in [1.54, 1.807) is 38.4 Å². The molecule has 0 bridgehead atoms. The number of carbonyl (C=O) groups is 3. The normalized spacial score (nSPS) is 25.7. The van der Waals surface area contributed by atoms with Gasteiger partial charge in [-0.1, -0.05) is 49.4 Å². The fourth-order valence-corrected chi connectivity index (χ4v) is 5.61. The third-order valence-corrected chi connectivity index (χ3v) is 7.39. The average Bonchev–Trinajstić information content (AvgIpc) is 3.21. The quantitative estimate of drug-likeness (QED) is 0.492. The topological polar surface area (TPSA) is 108 Å². The fraction of sp³-hybridized carbons (Fsp3) is 0.393. The van der Waals surface area contributed by atoms with Gasteiger partial charge >= 0.3 is 0 Å². The van der Waals surface area contributed by atoms with Gasteiger partial charge in [-0.25, -0.2) is 0 Å². The van der Waals surface area contributed by atoms with Crippen LogP contribution in [0.4, 0.5) is 5.69 Å². The minimum Gasteiger partial charge on any atom is -0.497 e. The molecule has 0 radical (unpaired) electrons. The second kappa shape index (κ2) is 11.0. The van der Waals surface area contributed by atoms with Gasteiger partial charge in [0.15, 0.2) is 0 Å². The zero-order chi connectivity index (χ0) is 25.8. The maximum atomic E-state index is 14.1. The number of hydrogen-bond acceptors (Lipinski definition) is 5. The van der Waals surface area contributed by atoms with Gasteiger partial charge in [0.1, 0.15) is 11.8 Å². The lowest BCUT2D eigenvalue weighted by Gasteiger charge is -2.34. The molecule has 3 N–H and O–H groups in total. The molecule has 0 spiro atoms. The minimum absolute atomic E-state index is 0.121. The van der Waals surface area contributed by atoms with Crippen molar-refractivity contribution in [2.75, 3.05) is 26.1 Å². The van der Waals surface area contributed by atoms with Crippen LogP contribution in [-0.2, 0) is 14.4 Å². The fourth-order valence-electron chi connectivity index (χ4n) is 5.61. The molecule has 0 aromatic heterocycles. The minimum atomic E-state index is -0.900. The molecule has 1 saturated heterocycles. The molecule has 1 heterocycles. The molecule has 1 aliphatic heterocycles. The Labute approximate surface area is 211 Å². The summed E-state index contributed by atoms with van der Waals surface area (Å²) in [4.78, 5) is 42.3. The predicted molar refractivity (Wildman–Crippen MR) is 136 cm³/mol. The monoisotopic (exact) mass is 491 g/mol. The highest BCUT2D eigenvalue weighted by Crippen LogP contribution is 2.47. The van der Waals surface area contributed by atoms with Crippen LogP contribution in [0, 0.1) is 23.7 Å². The van der Waals surface area contributed by atoms with Gasteiger partial charge in [-0.3, -0.25) is 14.4 Å². The van der Waals surface area contributed by atoms with Crippen LogP contribution >= 0.6 is 0 Å². The Bertz CT molecular complexity index is 1120. The summed E-state index contributed by atoms with van der Waals surface area (Å²) in [5, 5.41) is 16.1. The smallest absolute Gasteiger partial charge is 0.247 e. The number of carbonyl (C=O) groups excluding carboxylic acids is 3. The zero-order valence-electron chi connectivity index (χ0n) is 20.8. The van der Waals surface area contributed by atoms with Crippen LogP contribution in [-0.4, -0.2) is 54.5 Å². The molecule has 3 amide bonds. The Morgan fingerprint density at radius 3 is 2.33 bits per heavy atom. The molecule has 1 aliphatic carbocycles. The van der Waals surface area contributed by atoms with Crippen molar-refractivity contribution in [2.24, 2.45) is 23.7 Å². The van der Waals surface area contributed by atoms with Crippen molar-refractivity contribution in [1.29, 1.82) is 0 Å². The first-order valence-electron chi connectivity index (χ1n) is 12.3. The van der Waals surface area contributed by atoms with Crippen LogP contribution in [0.2, 0.25) is 0 Å². The standard InChI is InChI=1S/C28H33N3O5/c1-4-17-10-15-21-24(23(17)26(33)29-2)28(35)31(22(16-32)18-8-6-5-7-9-18)25(21)27(34)30-19-11-13-20(36-3)14-12-19/h5-15,17,21-25,32H,4,16H2,1-3H3,(H,29,33)(H,30,34)/t17-,21+,22-,23-,24+,25+/m1/s1. The molecule has 6 atom stereocenters. The van der Waals surface area contributed by atoms with Crippen LogP contribution in [0.1, 0.15) is 24.9 Å². The number of hydrogen-bond donors (Lipinski definition) is 3. The first kappa shape index (κ1) is 25.4. The lowest BCUT2D eigenvalue weighted by Crippen LogP contribution is -2.46. The van der Waals surface area contributed by atoms with Crippen LogP contribution in [0.25, 0.3) is 0 Å². The van der Waals surface area contributed by atoms with Gasteiger partial charge in [0.25, 0.3) is 0 Å². The van der Waals surface area contributed by atoms with E-state index >= 15 is 0 Å². The first-order valence-corrected chi connectivity index (χ1v) is 12.3. The van der Waals surface area contributed by atoms with E-state index in [1.165, 1.54) is 4.90 Å². The SMILES string of the molecule is CC[C@@H]1C=C[C@H]2[C@H](C(=O)N([C@H](CO)c3ccccc3)[C@@H]2C(=O)Nc2ccc(OC)cc2)[C@@H]1C(=O)NC. The largest absolute Gasteiger partial charge is 0.497 e. The summed E-state index contributed by atoms with van der Waals surface area (Å²) in [7, 11) is 3.13. The van der Waals surface area contributed by atoms with Crippen LogP contribution in [0.5, 0.6) is 5.75 Å². The molecule has 190 valence electrons. The van der Waals surface area contributed by atoms with E-state index in [0.717, 1.165) is 5.56 Å². The molecule has 2 aliphatic rings. The molecule has 0 saturated carbocycles. The lowest BCUT2D eigenvalue weighted by atomic mass is 9.69. The van der Waals surface area contributed by atoms with E-state index in [0.29, 0.717) is 17.9 Å². The number of likely N-dealkylation sites (tertiary alicyclic amines) is 1. The average molecular weight is 492 g/mol. The molecule has 0 unspecified atom stereocenters. The molecular formula is C28H33N3O5. The highest BCUT2D eigenvalue weighted by atomic mass is 16.5. The Morgan fingerprint density at radius 1 is 1.06 bits per heavy atom. The van der Waals surface area contributed by atoms with E-state index in [1.807, 2.05) is 49.4 Å². The number of nitrogens with one attached hydrogen (secondary N) is 2. The maximum Gasteiger partial charge on any atom is 0.247 e. The molecule has 8 nitrogen and oxygen atoms in total. The van der Waals surface area contributed by atoms with Gasteiger partial charge < -0.3 is 25.4 Å². The number of amides is 3. The third kappa shape index (κ3) is 4.60. The summed E-state index contributed by atoms with van der Waals surface area (Å²) in [6.45, 7) is 1.63. The summed E-state index contributed by atoms with van der Waals surface area (Å²) in [5.41, 5.74) is 1.28. The van der Waals surface area contributed by atoms with Crippen molar-refractivity contribution in [3.8, 4) is 5.75 Å². The molecule has 2 aromatic carbocycles. The highest BCUT2D eigenvalue weighted by Gasteiger charge is 2.58. The van der Waals surface area contributed by atoms with Gasteiger partial charge in [0.05, 0.1) is 31.6 Å². The van der Waals surface area contributed by atoms with Crippen molar-refractivity contribution in [1.82, 2.24) is 10.2 Å². The predicted octanol–water partition coefficient (Wildman–Crippen LogP) is 2.77. The van der Waals surface area contributed by atoms with E-state index in [9.17, 15) is 19.5 Å². The molecule has 36 heavy (non-hydrogen) atoms. The molecule has 1 fully saturated rings. The van der Waals surface area contributed by atoms with Gasteiger partial charge in [0.2, 0.25) is 17.7 Å². The number of allylic oxidation sites excluding steroid dienone is 1. The molecule has 2 aromatic rings. The van der Waals surface area contributed by atoms with Crippen molar-refractivity contribution < 1.29 is 24.2 Å². The summed E-state index contributed by atoms with van der Waals surface area (Å²) in [6, 6.07) is 14.5. The Morgan fingerprint density at radius 2 is 1.75 bits per heavy atom. The number of rotatable bonds is 8. The number of benzene rings is 2. The van der Waals surface area contributed by atoms with Gasteiger partial charge in [-0.05, 0) is 42.2 Å². The van der Waals surface area contributed by atoms with E-state index < -0.39 is 29.8 Å². The number of aliphatic hydroxyl groups excluding tert-OH is 1. The Balaban J connectivity index is 1.77. The summed E-state index contributed by atoms with van der Waals surface area (Å²) >= 11 is 0. The van der Waals surface area contributed by atoms with E-state index in [2.05, 4.69) is 10.6 Å². The van der Waals surface area contributed by atoms with Gasteiger partial charge in [0, 0.05) is 18.7 Å². The van der Waals surface area contributed by atoms with Crippen molar-refractivity contribution >= 4 is 23.4 Å². The Hall–Kier alpha value is -3.65. The third-order valence-electron chi connectivity index (χ3n) is 7.39. The van der Waals surface area contributed by atoms with Crippen LogP contribution in [0.3, 0.4) is 0 Å². The van der Waals surface area contributed by atoms with E-state index in [-0.39, 0.29) is 30.2 Å². The number of anilines is 1. The van der Waals surface area contributed by atoms with Gasteiger partial charge in [-0.2, -0.15) is 0 Å². The van der Waals surface area contributed by atoms with Crippen molar-refractivity contribution in [3.05, 3.63) is 72.3 Å². The van der Waals surface area contributed by atoms with Crippen molar-refractivity contribution in [3.63, 3.8) is 0 Å². The maximum absolute atomic E-state index is 14.1. The second-order valence-electron chi connectivity index (χ2n) is 9.22. The molecule has 8 heteroatoms. The lowest BCUT2D eigenvalue weighted by molar-refractivity contribution is -0.143. The number of fused-ring (bicyclic) bond motifs is 1. The number of methoxy groups -OCH3 is 1. The number of ether oxygens (including phenoxy) is 1. The Kier molecular flexibility index (Phi) is 7.74.